The molecule has 4 N–H and O–H groups in total. The SMILES string of the molecule is Cc1c(Cl)cccc1C1C=C(NCCCN2CCCC2=O)NC(N)=N1. The van der Waals surface area contributed by atoms with Crippen LogP contribution in [0, 0.1) is 6.92 Å². The van der Waals surface area contributed by atoms with Crippen molar-refractivity contribution < 1.29 is 4.79 Å². The molecule has 0 bridgehead atoms. The van der Waals surface area contributed by atoms with Gasteiger partial charge < -0.3 is 21.3 Å². The van der Waals surface area contributed by atoms with E-state index in [9.17, 15) is 4.79 Å². The minimum absolute atomic E-state index is 0.164. The number of halogens is 1. The summed E-state index contributed by atoms with van der Waals surface area (Å²) in [4.78, 5) is 18.0. The molecular formula is C18H24ClN5O. The highest BCUT2D eigenvalue weighted by molar-refractivity contribution is 6.31. The van der Waals surface area contributed by atoms with E-state index in [1.165, 1.54) is 0 Å². The van der Waals surface area contributed by atoms with Crippen molar-refractivity contribution in [1.82, 2.24) is 15.5 Å². The molecule has 1 unspecified atom stereocenters. The number of nitrogens with two attached hydrogens (primary N) is 1. The number of nitrogens with zero attached hydrogens (tertiary/aromatic N) is 2. The van der Waals surface area contributed by atoms with Crippen LogP contribution in [0.4, 0.5) is 0 Å². The normalized spacial score (nSPS) is 20.2. The van der Waals surface area contributed by atoms with E-state index in [-0.39, 0.29) is 11.9 Å². The van der Waals surface area contributed by atoms with Gasteiger partial charge in [0.25, 0.3) is 0 Å². The van der Waals surface area contributed by atoms with Gasteiger partial charge in [-0.1, -0.05) is 23.7 Å². The van der Waals surface area contributed by atoms with Crippen LogP contribution in [0.1, 0.15) is 36.4 Å². The molecule has 2 heterocycles. The second-order valence-electron chi connectivity index (χ2n) is 6.38. The zero-order chi connectivity index (χ0) is 17.8. The molecule has 1 aromatic carbocycles. The van der Waals surface area contributed by atoms with Crippen LogP contribution in [0.5, 0.6) is 0 Å². The van der Waals surface area contributed by atoms with Crippen molar-refractivity contribution in [2.45, 2.75) is 32.2 Å². The Balaban J connectivity index is 1.59. The summed E-state index contributed by atoms with van der Waals surface area (Å²) in [5, 5.41) is 7.12. The molecule has 134 valence electrons. The molecule has 1 amide bonds. The third-order valence-electron chi connectivity index (χ3n) is 4.59. The van der Waals surface area contributed by atoms with Crippen LogP contribution in [-0.2, 0) is 4.79 Å². The molecule has 0 aromatic heterocycles. The van der Waals surface area contributed by atoms with Gasteiger partial charge in [-0.25, -0.2) is 4.99 Å². The molecule has 1 saturated heterocycles. The Morgan fingerprint density at radius 2 is 2.32 bits per heavy atom. The number of carbonyl (C=O) groups excluding carboxylic acids is 1. The molecular weight excluding hydrogens is 338 g/mol. The predicted molar refractivity (Wildman–Crippen MR) is 100 cm³/mol. The Kier molecular flexibility index (Phi) is 5.48. The summed E-state index contributed by atoms with van der Waals surface area (Å²) >= 11 is 6.22. The fourth-order valence-electron chi connectivity index (χ4n) is 3.20. The lowest BCUT2D eigenvalue weighted by Crippen LogP contribution is -2.40. The van der Waals surface area contributed by atoms with Gasteiger partial charge in [0.1, 0.15) is 11.9 Å². The van der Waals surface area contributed by atoms with Gasteiger partial charge in [0, 0.05) is 31.1 Å². The average Bonchev–Trinajstić information content (AvgIpc) is 2.99. The molecule has 0 aliphatic carbocycles. The second-order valence-corrected chi connectivity index (χ2v) is 6.79. The fourth-order valence-corrected chi connectivity index (χ4v) is 3.38. The standard InChI is InChI=1S/C18H24ClN5O/c1-12-13(5-2-6-14(12)19)15-11-16(23-18(20)22-15)21-8-4-10-24-9-3-7-17(24)25/h2,5-6,11,15,21H,3-4,7-10H2,1H3,(H3,20,22,23). The molecule has 1 aromatic rings. The van der Waals surface area contributed by atoms with Crippen LogP contribution in [0.3, 0.4) is 0 Å². The smallest absolute Gasteiger partial charge is 0.222 e. The Labute approximate surface area is 153 Å². The number of aliphatic imine (C=N–C) groups is 1. The first kappa shape index (κ1) is 17.6. The van der Waals surface area contributed by atoms with Gasteiger partial charge in [0.2, 0.25) is 5.91 Å². The van der Waals surface area contributed by atoms with E-state index < -0.39 is 0 Å². The fraction of sp³-hybridized carbons (Fsp3) is 0.444. The zero-order valence-electron chi connectivity index (χ0n) is 14.4. The van der Waals surface area contributed by atoms with Gasteiger partial charge >= 0.3 is 0 Å². The van der Waals surface area contributed by atoms with Crippen LogP contribution in [0.25, 0.3) is 0 Å². The highest BCUT2D eigenvalue weighted by atomic mass is 35.5. The molecule has 25 heavy (non-hydrogen) atoms. The first-order valence-electron chi connectivity index (χ1n) is 8.63. The third-order valence-corrected chi connectivity index (χ3v) is 4.99. The van der Waals surface area contributed by atoms with Crippen LogP contribution in [-0.4, -0.2) is 36.4 Å². The van der Waals surface area contributed by atoms with Crippen molar-refractivity contribution in [2.24, 2.45) is 10.7 Å². The lowest BCUT2D eigenvalue weighted by atomic mass is 10.0. The highest BCUT2D eigenvalue weighted by Crippen LogP contribution is 2.28. The minimum Gasteiger partial charge on any atom is -0.372 e. The van der Waals surface area contributed by atoms with E-state index in [2.05, 4.69) is 15.6 Å². The summed E-state index contributed by atoms with van der Waals surface area (Å²) in [5.74, 6) is 1.48. The van der Waals surface area contributed by atoms with Gasteiger partial charge in [0.15, 0.2) is 5.96 Å². The maximum Gasteiger partial charge on any atom is 0.222 e. The molecule has 2 aliphatic rings. The highest BCUT2D eigenvalue weighted by Gasteiger charge is 2.20. The zero-order valence-corrected chi connectivity index (χ0v) is 15.1. The largest absolute Gasteiger partial charge is 0.372 e. The summed E-state index contributed by atoms with van der Waals surface area (Å²) in [7, 11) is 0. The van der Waals surface area contributed by atoms with Crippen LogP contribution in [0.15, 0.2) is 35.1 Å². The Morgan fingerprint density at radius 3 is 3.08 bits per heavy atom. The summed E-state index contributed by atoms with van der Waals surface area (Å²) in [6.45, 7) is 4.42. The van der Waals surface area contributed by atoms with E-state index in [1.807, 2.05) is 36.1 Å². The number of rotatable bonds is 6. The van der Waals surface area contributed by atoms with Crippen molar-refractivity contribution in [2.75, 3.05) is 19.6 Å². The monoisotopic (exact) mass is 361 g/mol. The molecule has 3 rings (SSSR count). The third kappa shape index (κ3) is 4.25. The summed E-state index contributed by atoms with van der Waals surface area (Å²) in [6, 6.07) is 5.65. The first-order chi connectivity index (χ1) is 12.0. The van der Waals surface area contributed by atoms with Crippen molar-refractivity contribution in [3.63, 3.8) is 0 Å². The minimum atomic E-state index is -0.164. The number of carbonyl (C=O) groups is 1. The predicted octanol–water partition coefficient (Wildman–Crippen LogP) is 2.05. The van der Waals surface area contributed by atoms with Crippen molar-refractivity contribution in [3.8, 4) is 0 Å². The van der Waals surface area contributed by atoms with Crippen molar-refractivity contribution in [1.29, 1.82) is 0 Å². The summed E-state index contributed by atoms with van der Waals surface area (Å²) in [5.41, 5.74) is 7.99. The molecule has 1 atom stereocenters. The Bertz CT molecular complexity index is 715. The lowest BCUT2D eigenvalue weighted by molar-refractivity contribution is -0.127. The number of guanidine groups is 1. The molecule has 2 aliphatic heterocycles. The van der Waals surface area contributed by atoms with E-state index in [0.717, 1.165) is 54.4 Å². The van der Waals surface area contributed by atoms with Crippen LogP contribution >= 0.6 is 11.6 Å². The maximum absolute atomic E-state index is 11.6. The van der Waals surface area contributed by atoms with Crippen LogP contribution < -0.4 is 16.4 Å². The maximum atomic E-state index is 11.6. The first-order valence-corrected chi connectivity index (χ1v) is 9.01. The van der Waals surface area contributed by atoms with Crippen molar-refractivity contribution >= 4 is 23.5 Å². The molecule has 0 spiro atoms. The number of benzene rings is 1. The Morgan fingerprint density at radius 1 is 1.48 bits per heavy atom. The molecule has 0 saturated carbocycles. The number of hydrogen-bond donors (Lipinski definition) is 3. The number of nitrogens with one attached hydrogen (secondary N) is 2. The van der Waals surface area contributed by atoms with E-state index in [4.69, 9.17) is 17.3 Å². The molecule has 6 nitrogen and oxygen atoms in total. The van der Waals surface area contributed by atoms with Crippen LogP contribution in [0.2, 0.25) is 5.02 Å². The number of amides is 1. The summed E-state index contributed by atoms with van der Waals surface area (Å²) < 4.78 is 0. The quantitative estimate of drug-likeness (QED) is 0.677. The number of hydrogen-bond acceptors (Lipinski definition) is 5. The van der Waals surface area contributed by atoms with E-state index >= 15 is 0 Å². The molecule has 0 radical (unpaired) electrons. The average molecular weight is 362 g/mol. The van der Waals surface area contributed by atoms with Gasteiger partial charge in [-0.2, -0.15) is 0 Å². The molecule has 7 heteroatoms. The van der Waals surface area contributed by atoms with E-state index in [1.54, 1.807) is 0 Å². The van der Waals surface area contributed by atoms with Gasteiger partial charge in [-0.15, -0.1) is 0 Å². The van der Waals surface area contributed by atoms with Crippen molar-refractivity contribution in [3.05, 3.63) is 46.2 Å². The summed E-state index contributed by atoms with van der Waals surface area (Å²) in [6.07, 6.45) is 4.57. The molecule has 1 fully saturated rings. The lowest BCUT2D eigenvalue weighted by Gasteiger charge is -2.23. The Hall–Kier alpha value is -2.21. The van der Waals surface area contributed by atoms with Gasteiger partial charge in [0.05, 0.1) is 0 Å². The van der Waals surface area contributed by atoms with E-state index in [0.29, 0.717) is 12.4 Å². The topological polar surface area (TPSA) is 82.8 Å². The van der Waals surface area contributed by atoms with Gasteiger partial charge in [-0.05, 0) is 43.0 Å². The number of likely N-dealkylation sites (tertiary alicyclic amines) is 1. The van der Waals surface area contributed by atoms with Gasteiger partial charge in [-0.3, -0.25) is 4.79 Å². The second kappa shape index (κ2) is 7.78.